The third-order valence-electron chi connectivity index (χ3n) is 1.72. The highest BCUT2D eigenvalue weighted by molar-refractivity contribution is 5.23. The molecular weight excluding hydrogens is 140 g/mol. The van der Waals surface area contributed by atoms with E-state index in [4.69, 9.17) is 0 Å². The molecule has 0 bridgehead atoms. The Balaban J connectivity index is 3.33. The lowest BCUT2D eigenvalue weighted by atomic mass is 9.87. The van der Waals surface area contributed by atoms with E-state index in [9.17, 15) is 4.79 Å². The van der Waals surface area contributed by atoms with Crippen LogP contribution in [0.2, 0.25) is 0 Å². The number of aryl methyl sites for hydroxylation is 1. The topological polar surface area (TPSA) is 48.6 Å². The molecule has 0 aromatic carbocycles. The highest BCUT2D eigenvalue weighted by Crippen LogP contribution is 2.19. The molecular formula is C8H14N2O. The summed E-state index contributed by atoms with van der Waals surface area (Å²) in [4.78, 5) is 11.2. The van der Waals surface area contributed by atoms with Crippen LogP contribution in [0.1, 0.15) is 32.0 Å². The Labute approximate surface area is 65.8 Å². The molecule has 1 rings (SSSR count). The predicted octanol–water partition coefficient (Wildman–Crippen LogP) is 1.31. The number of hydrogen-bond donors (Lipinski definition) is 2. The summed E-state index contributed by atoms with van der Waals surface area (Å²) in [6.07, 6.45) is 0. The van der Waals surface area contributed by atoms with Gasteiger partial charge in [0.2, 0.25) is 0 Å². The van der Waals surface area contributed by atoms with Crippen molar-refractivity contribution in [3.63, 3.8) is 0 Å². The molecule has 0 aliphatic heterocycles. The van der Waals surface area contributed by atoms with Crippen molar-refractivity contribution >= 4 is 0 Å². The minimum absolute atomic E-state index is 0.00463. The molecule has 0 spiro atoms. The third kappa shape index (κ3) is 1.37. The third-order valence-corrected chi connectivity index (χ3v) is 1.72. The van der Waals surface area contributed by atoms with Crippen LogP contribution < -0.4 is 5.56 Å². The smallest absolute Gasteiger partial charge is 0.267 e. The van der Waals surface area contributed by atoms with Crippen LogP contribution in [0.4, 0.5) is 0 Å². The molecule has 0 unspecified atom stereocenters. The fourth-order valence-corrected chi connectivity index (χ4v) is 1.35. The first kappa shape index (κ1) is 8.11. The number of aromatic nitrogens is 2. The van der Waals surface area contributed by atoms with Gasteiger partial charge in [0.1, 0.15) is 0 Å². The van der Waals surface area contributed by atoms with Crippen LogP contribution >= 0.6 is 0 Å². The molecule has 62 valence electrons. The van der Waals surface area contributed by atoms with Crippen molar-refractivity contribution in [2.24, 2.45) is 0 Å². The molecule has 3 nitrogen and oxygen atoms in total. The van der Waals surface area contributed by atoms with Gasteiger partial charge in [0.15, 0.2) is 0 Å². The minimum atomic E-state index is -0.0718. The second kappa shape index (κ2) is 2.26. The molecule has 0 aliphatic rings. The van der Waals surface area contributed by atoms with Crippen molar-refractivity contribution in [1.82, 2.24) is 10.2 Å². The Morgan fingerprint density at radius 2 is 1.73 bits per heavy atom. The molecule has 2 N–H and O–H groups in total. The van der Waals surface area contributed by atoms with Gasteiger partial charge in [0.05, 0.1) is 0 Å². The number of aromatic amines is 2. The number of rotatable bonds is 0. The van der Waals surface area contributed by atoms with Crippen LogP contribution in [0, 0.1) is 6.92 Å². The summed E-state index contributed by atoms with van der Waals surface area (Å²) in [6, 6.07) is 0. The first-order valence-electron chi connectivity index (χ1n) is 3.70. The van der Waals surface area contributed by atoms with Crippen LogP contribution in [-0.4, -0.2) is 10.2 Å². The van der Waals surface area contributed by atoms with Crippen LogP contribution in [0.25, 0.3) is 0 Å². The van der Waals surface area contributed by atoms with Crippen molar-refractivity contribution in [2.45, 2.75) is 33.1 Å². The number of H-pyrrole nitrogens is 2. The number of hydrogen-bond acceptors (Lipinski definition) is 1. The van der Waals surface area contributed by atoms with Crippen molar-refractivity contribution in [2.75, 3.05) is 0 Å². The average Bonchev–Trinajstić information content (AvgIpc) is 2.08. The van der Waals surface area contributed by atoms with Crippen molar-refractivity contribution in [3.05, 3.63) is 21.6 Å². The van der Waals surface area contributed by atoms with Gasteiger partial charge in [-0.1, -0.05) is 20.8 Å². The van der Waals surface area contributed by atoms with E-state index in [1.165, 1.54) is 0 Å². The van der Waals surface area contributed by atoms with E-state index in [1.807, 2.05) is 27.7 Å². The molecule has 0 saturated heterocycles. The zero-order valence-electron chi connectivity index (χ0n) is 7.41. The van der Waals surface area contributed by atoms with Crippen LogP contribution in [-0.2, 0) is 5.41 Å². The lowest BCUT2D eigenvalue weighted by Crippen LogP contribution is -2.21. The Morgan fingerprint density at radius 1 is 1.18 bits per heavy atom. The zero-order chi connectivity index (χ0) is 8.65. The summed E-state index contributed by atoms with van der Waals surface area (Å²) in [6.45, 7) is 7.98. The Morgan fingerprint density at radius 3 is 1.91 bits per heavy atom. The van der Waals surface area contributed by atoms with E-state index in [2.05, 4.69) is 10.2 Å². The maximum absolute atomic E-state index is 11.2. The van der Waals surface area contributed by atoms with Crippen LogP contribution in [0.5, 0.6) is 0 Å². The summed E-state index contributed by atoms with van der Waals surface area (Å²) in [5, 5.41) is 5.37. The Kier molecular flexibility index (Phi) is 1.66. The first-order chi connectivity index (χ1) is 4.93. The van der Waals surface area contributed by atoms with Gasteiger partial charge in [0, 0.05) is 11.3 Å². The lowest BCUT2D eigenvalue weighted by Gasteiger charge is -2.15. The largest absolute Gasteiger partial charge is 0.302 e. The molecule has 0 radical (unpaired) electrons. The van der Waals surface area contributed by atoms with Gasteiger partial charge >= 0.3 is 0 Å². The summed E-state index contributed by atoms with van der Waals surface area (Å²) in [7, 11) is 0. The standard InChI is InChI=1S/C8H14N2O/c1-5-6(8(2,3)4)7(11)10-9-5/h1-4H3,(H2,9,10,11). The highest BCUT2D eigenvalue weighted by atomic mass is 16.1. The molecule has 0 aliphatic carbocycles. The molecule has 0 saturated carbocycles. The maximum Gasteiger partial charge on any atom is 0.267 e. The molecule has 1 heterocycles. The van der Waals surface area contributed by atoms with E-state index in [0.717, 1.165) is 11.3 Å². The second-order valence-corrected chi connectivity index (χ2v) is 3.83. The summed E-state index contributed by atoms with van der Waals surface area (Å²) in [5.41, 5.74) is 1.70. The van der Waals surface area contributed by atoms with Gasteiger partial charge in [-0.3, -0.25) is 9.89 Å². The fourth-order valence-electron chi connectivity index (χ4n) is 1.35. The van der Waals surface area contributed by atoms with E-state index in [1.54, 1.807) is 0 Å². The van der Waals surface area contributed by atoms with Crippen molar-refractivity contribution in [1.29, 1.82) is 0 Å². The van der Waals surface area contributed by atoms with Crippen LogP contribution in [0.15, 0.2) is 4.79 Å². The lowest BCUT2D eigenvalue weighted by molar-refractivity contribution is 0.582. The summed E-state index contributed by atoms with van der Waals surface area (Å²) >= 11 is 0. The second-order valence-electron chi connectivity index (χ2n) is 3.83. The van der Waals surface area contributed by atoms with E-state index in [-0.39, 0.29) is 11.0 Å². The van der Waals surface area contributed by atoms with Gasteiger partial charge in [-0.15, -0.1) is 0 Å². The molecule has 0 atom stereocenters. The summed E-state index contributed by atoms with van der Waals surface area (Å²) < 4.78 is 0. The average molecular weight is 154 g/mol. The van der Waals surface area contributed by atoms with E-state index in [0.29, 0.717) is 0 Å². The SMILES string of the molecule is Cc1[nH][nH]c(=O)c1C(C)(C)C. The van der Waals surface area contributed by atoms with E-state index >= 15 is 0 Å². The monoisotopic (exact) mass is 154 g/mol. The molecule has 1 aromatic heterocycles. The summed E-state index contributed by atoms with van der Waals surface area (Å²) in [5.74, 6) is 0. The van der Waals surface area contributed by atoms with Gasteiger partial charge in [0.25, 0.3) is 5.56 Å². The van der Waals surface area contributed by atoms with Gasteiger partial charge in [-0.25, -0.2) is 0 Å². The Bertz CT molecular complexity index is 301. The van der Waals surface area contributed by atoms with Gasteiger partial charge in [-0.05, 0) is 12.3 Å². The number of nitrogens with one attached hydrogen (secondary N) is 2. The van der Waals surface area contributed by atoms with Crippen molar-refractivity contribution < 1.29 is 0 Å². The molecule has 3 heteroatoms. The zero-order valence-corrected chi connectivity index (χ0v) is 7.41. The predicted molar refractivity (Wildman–Crippen MR) is 44.9 cm³/mol. The molecule has 0 amide bonds. The van der Waals surface area contributed by atoms with Crippen LogP contribution in [0.3, 0.4) is 0 Å². The fraction of sp³-hybridized carbons (Fsp3) is 0.625. The van der Waals surface area contributed by atoms with E-state index < -0.39 is 0 Å². The molecule has 11 heavy (non-hydrogen) atoms. The molecule has 0 fully saturated rings. The maximum atomic E-state index is 11.2. The first-order valence-corrected chi connectivity index (χ1v) is 3.70. The van der Waals surface area contributed by atoms with Gasteiger partial charge < -0.3 is 5.10 Å². The normalized spacial score (nSPS) is 12.0. The quantitative estimate of drug-likeness (QED) is 0.581. The van der Waals surface area contributed by atoms with Crippen molar-refractivity contribution in [3.8, 4) is 0 Å². The highest BCUT2D eigenvalue weighted by Gasteiger charge is 2.20. The minimum Gasteiger partial charge on any atom is -0.302 e. The van der Waals surface area contributed by atoms with Gasteiger partial charge in [-0.2, -0.15) is 0 Å². The Hall–Kier alpha value is -0.990. The molecule has 1 aromatic rings.